The monoisotopic (exact) mass is 566 g/mol. The third-order valence-electron chi connectivity index (χ3n) is 8.63. The second-order valence-electron chi connectivity index (χ2n) is 11.5. The van der Waals surface area contributed by atoms with E-state index in [0.29, 0.717) is 35.8 Å². The normalized spacial score (nSPS) is 20.9. The summed E-state index contributed by atoms with van der Waals surface area (Å²) in [6.07, 6.45) is 11.3. The predicted molar refractivity (Wildman–Crippen MR) is 164 cm³/mol. The zero-order chi connectivity index (χ0) is 28.5. The zero-order valence-corrected chi connectivity index (χ0v) is 25.2. The van der Waals surface area contributed by atoms with Gasteiger partial charge in [0.1, 0.15) is 6.04 Å². The van der Waals surface area contributed by atoms with Crippen LogP contribution >= 0.6 is 11.8 Å². The molecule has 40 heavy (non-hydrogen) atoms. The van der Waals surface area contributed by atoms with E-state index in [4.69, 9.17) is 4.74 Å². The van der Waals surface area contributed by atoms with Crippen LogP contribution in [-0.2, 0) is 16.1 Å². The van der Waals surface area contributed by atoms with Crippen LogP contribution in [0.2, 0.25) is 0 Å². The Labute approximate surface area is 244 Å². The van der Waals surface area contributed by atoms with Gasteiger partial charge in [-0.2, -0.15) is 11.8 Å². The number of hydrogen-bond donors (Lipinski definition) is 2. The van der Waals surface area contributed by atoms with E-state index in [1.165, 1.54) is 44.9 Å². The van der Waals surface area contributed by atoms with Crippen LogP contribution in [0.4, 0.5) is 0 Å². The van der Waals surface area contributed by atoms with E-state index < -0.39 is 12.0 Å². The molecule has 1 aliphatic carbocycles. The van der Waals surface area contributed by atoms with Gasteiger partial charge in [-0.1, -0.05) is 62.9 Å². The van der Waals surface area contributed by atoms with Crippen molar-refractivity contribution in [2.45, 2.75) is 89.9 Å². The number of likely N-dealkylation sites (tertiary alicyclic amines) is 1. The molecule has 2 N–H and O–H groups in total. The second-order valence-corrected chi connectivity index (χ2v) is 12.5. The molecule has 6 nitrogen and oxygen atoms in total. The number of hydrogen-bond acceptors (Lipinski definition) is 5. The van der Waals surface area contributed by atoms with E-state index in [1.807, 2.05) is 49.6 Å². The number of carbonyl (C=O) groups is 2. The number of aliphatic carboxylic acids is 1. The Bertz CT molecular complexity index is 1130. The molecule has 0 radical (unpaired) electrons. The smallest absolute Gasteiger partial charge is 0.326 e. The lowest BCUT2D eigenvalue weighted by molar-refractivity contribution is -0.139. The molecule has 0 aromatic heterocycles. The number of carbonyl (C=O) groups excluding carboxylic acids is 1. The number of carboxylic acids is 1. The van der Waals surface area contributed by atoms with Crippen LogP contribution < -0.4 is 5.32 Å². The molecule has 1 saturated carbocycles. The molecule has 218 valence electrons. The Morgan fingerprint density at radius 2 is 1.90 bits per heavy atom. The summed E-state index contributed by atoms with van der Waals surface area (Å²) in [6.45, 7) is 6.99. The summed E-state index contributed by atoms with van der Waals surface area (Å²) in [5, 5.41) is 12.5. The average Bonchev–Trinajstić information content (AvgIpc) is 3.36. The minimum atomic E-state index is -1.00. The molecule has 1 aliphatic heterocycles. The SMILES string of the molecule is CC[C@H]1C[C@H](COC2CCCCC2)N(Cc2ccc(C(=O)N[C@@H](CCSC)C(=O)O)c(-c3ccccc3C)c2)C1. The van der Waals surface area contributed by atoms with Gasteiger partial charge in [0.15, 0.2) is 0 Å². The van der Waals surface area contributed by atoms with Crippen molar-refractivity contribution in [3.63, 3.8) is 0 Å². The molecule has 2 aromatic carbocycles. The highest BCUT2D eigenvalue weighted by Crippen LogP contribution is 2.32. The topological polar surface area (TPSA) is 78.9 Å². The van der Waals surface area contributed by atoms with Crippen molar-refractivity contribution in [1.82, 2.24) is 10.2 Å². The van der Waals surface area contributed by atoms with Crippen molar-refractivity contribution < 1.29 is 19.4 Å². The number of nitrogens with zero attached hydrogens (tertiary/aromatic N) is 1. The van der Waals surface area contributed by atoms with Crippen molar-refractivity contribution in [3.8, 4) is 11.1 Å². The summed E-state index contributed by atoms with van der Waals surface area (Å²) in [5.41, 5.74) is 4.60. The van der Waals surface area contributed by atoms with Gasteiger partial charge in [0, 0.05) is 24.7 Å². The third-order valence-corrected chi connectivity index (χ3v) is 9.28. The van der Waals surface area contributed by atoms with Crippen molar-refractivity contribution >= 4 is 23.6 Å². The van der Waals surface area contributed by atoms with Gasteiger partial charge in [-0.3, -0.25) is 9.69 Å². The number of ether oxygens (including phenoxy) is 1. The molecule has 1 amide bonds. The van der Waals surface area contributed by atoms with E-state index in [2.05, 4.69) is 23.2 Å². The van der Waals surface area contributed by atoms with E-state index in [0.717, 1.165) is 42.0 Å². The van der Waals surface area contributed by atoms with Crippen LogP contribution in [0.25, 0.3) is 11.1 Å². The Balaban J connectivity index is 1.56. The number of rotatable bonds is 13. The van der Waals surface area contributed by atoms with Crippen molar-refractivity contribution in [1.29, 1.82) is 0 Å². The molecule has 1 saturated heterocycles. The Kier molecular flexibility index (Phi) is 11.5. The number of benzene rings is 2. The number of nitrogens with one attached hydrogen (secondary N) is 1. The van der Waals surface area contributed by atoms with E-state index in [-0.39, 0.29) is 5.91 Å². The highest BCUT2D eigenvalue weighted by molar-refractivity contribution is 7.98. The fourth-order valence-corrected chi connectivity index (χ4v) is 6.65. The van der Waals surface area contributed by atoms with Gasteiger partial charge >= 0.3 is 5.97 Å². The maximum Gasteiger partial charge on any atom is 0.326 e. The van der Waals surface area contributed by atoms with Crippen molar-refractivity contribution in [3.05, 3.63) is 59.2 Å². The predicted octanol–water partition coefficient (Wildman–Crippen LogP) is 6.55. The van der Waals surface area contributed by atoms with Crippen LogP contribution in [0.15, 0.2) is 42.5 Å². The minimum absolute atomic E-state index is 0.343. The summed E-state index contributed by atoms with van der Waals surface area (Å²) < 4.78 is 6.43. The van der Waals surface area contributed by atoms with Gasteiger partial charge in [-0.15, -0.1) is 0 Å². The zero-order valence-electron chi connectivity index (χ0n) is 24.4. The Morgan fingerprint density at radius 3 is 2.60 bits per heavy atom. The van der Waals surface area contributed by atoms with Gasteiger partial charge in [0.2, 0.25) is 0 Å². The van der Waals surface area contributed by atoms with Crippen molar-refractivity contribution in [2.24, 2.45) is 5.92 Å². The maximum atomic E-state index is 13.4. The lowest BCUT2D eigenvalue weighted by Crippen LogP contribution is -2.41. The maximum absolute atomic E-state index is 13.4. The molecule has 7 heteroatoms. The van der Waals surface area contributed by atoms with Crippen LogP contribution in [0, 0.1) is 12.8 Å². The van der Waals surface area contributed by atoms with E-state index in [1.54, 1.807) is 11.8 Å². The molecule has 0 spiro atoms. The molecule has 2 aliphatic rings. The first kappa shape index (κ1) is 30.6. The highest BCUT2D eigenvalue weighted by atomic mass is 32.2. The molecule has 2 aromatic rings. The van der Waals surface area contributed by atoms with Crippen LogP contribution in [0.3, 0.4) is 0 Å². The summed E-state index contributed by atoms with van der Waals surface area (Å²) in [7, 11) is 0. The fraction of sp³-hybridized carbons (Fsp3) is 0.576. The quantitative estimate of drug-likeness (QED) is 0.286. The molecule has 2 fully saturated rings. The fourth-order valence-electron chi connectivity index (χ4n) is 6.18. The van der Waals surface area contributed by atoms with Crippen LogP contribution in [-0.4, -0.2) is 65.2 Å². The van der Waals surface area contributed by atoms with Crippen molar-refractivity contribution in [2.75, 3.05) is 25.2 Å². The van der Waals surface area contributed by atoms with E-state index >= 15 is 0 Å². The summed E-state index contributed by atoms with van der Waals surface area (Å²) in [5.74, 6) is -0.00190. The number of carboxylic acid groups (broad SMARTS) is 1. The molecule has 4 rings (SSSR count). The second kappa shape index (κ2) is 15.0. The van der Waals surface area contributed by atoms with Gasteiger partial charge in [-0.25, -0.2) is 4.79 Å². The summed E-state index contributed by atoms with van der Waals surface area (Å²) >= 11 is 1.57. The lowest BCUT2D eigenvalue weighted by atomic mass is 9.93. The van der Waals surface area contributed by atoms with E-state index in [9.17, 15) is 14.7 Å². The molecule has 3 atom stereocenters. The summed E-state index contributed by atoms with van der Waals surface area (Å²) in [4.78, 5) is 27.8. The highest BCUT2D eigenvalue weighted by Gasteiger charge is 2.32. The Morgan fingerprint density at radius 1 is 1.12 bits per heavy atom. The Hall–Kier alpha value is -2.35. The first-order valence-electron chi connectivity index (χ1n) is 15.0. The third kappa shape index (κ3) is 8.11. The molecular formula is C33H46N2O4S. The minimum Gasteiger partial charge on any atom is -0.480 e. The van der Waals surface area contributed by atoms with Crippen LogP contribution in [0.5, 0.6) is 0 Å². The van der Waals surface area contributed by atoms with Crippen LogP contribution in [0.1, 0.15) is 79.8 Å². The molecular weight excluding hydrogens is 520 g/mol. The van der Waals surface area contributed by atoms with Gasteiger partial charge < -0.3 is 15.2 Å². The van der Waals surface area contributed by atoms with Gasteiger partial charge in [-0.05, 0) is 84.9 Å². The average molecular weight is 567 g/mol. The molecule has 1 heterocycles. The molecule has 0 unspecified atom stereocenters. The standard InChI is InChI=1S/C33H46N2O4S/c1-4-24-18-26(22-39-27-11-6-5-7-12-27)35(20-24)21-25-14-15-29(30(19-25)28-13-9-8-10-23(28)2)32(36)34-31(33(37)38)16-17-40-3/h8-10,13-15,19,24,26-27,31H,4-7,11-12,16-18,20-22H2,1-3H3,(H,34,36)(H,37,38)/t24-,26+,31-/m0/s1. The number of thioether (sulfide) groups is 1. The lowest BCUT2D eigenvalue weighted by Gasteiger charge is -2.28. The largest absolute Gasteiger partial charge is 0.480 e. The van der Waals surface area contributed by atoms with Gasteiger partial charge in [0.05, 0.1) is 12.7 Å². The van der Waals surface area contributed by atoms with Gasteiger partial charge in [0.25, 0.3) is 5.91 Å². The number of amides is 1. The first-order chi connectivity index (χ1) is 19.4. The summed E-state index contributed by atoms with van der Waals surface area (Å²) in [6, 6.07) is 13.6. The first-order valence-corrected chi connectivity index (χ1v) is 16.4. The number of aryl methyl sites for hydroxylation is 1. The molecule has 0 bridgehead atoms.